The van der Waals surface area contributed by atoms with Gasteiger partial charge in [0, 0.05) is 17.8 Å². The minimum Gasteiger partial charge on any atom is -0.388 e. The van der Waals surface area contributed by atoms with E-state index in [0.29, 0.717) is 0 Å². The summed E-state index contributed by atoms with van der Waals surface area (Å²) >= 11 is 0. The van der Waals surface area contributed by atoms with Crippen molar-refractivity contribution in [3.8, 4) is 0 Å². The van der Waals surface area contributed by atoms with Crippen molar-refractivity contribution in [3.63, 3.8) is 0 Å². The SMILES string of the molecule is Cc1[nH]ncc1CN1CCC(C(O)c2ccc(F)cc2)CC1. The lowest BCUT2D eigenvalue weighted by molar-refractivity contribution is 0.0567. The third-order valence-electron chi connectivity index (χ3n) is 4.62. The molecule has 5 heteroatoms. The quantitative estimate of drug-likeness (QED) is 0.913. The maximum Gasteiger partial charge on any atom is 0.123 e. The zero-order valence-corrected chi connectivity index (χ0v) is 12.8. The van der Waals surface area contributed by atoms with E-state index >= 15 is 0 Å². The van der Waals surface area contributed by atoms with Crippen LogP contribution in [-0.4, -0.2) is 33.3 Å². The smallest absolute Gasteiger partial charge is 0.123 e. The van der Waals surface area contributed by atoms with Crippen molar-refractivity contribution in [2.75, 3.05) is 13.1 Å². The predicted octanol–water partition coefficient (Wildman–Crippen LogP) is 2.80. The molecule has 1 aromatic heterocycles. The fraction of sp³-hybridized carbons (Fsp3) is 0.471. The second-order valence-electron chi connectivity index (χ2n) is 6.13. The Balaban J connectivity index is 1.55. The van der Waals surface area contributed by atoms with Crippen molar-refractivity contribution >= 4 is 0 Å². The Morgan fingerprint density at radius 3 is 2.59 bits per heavy atom. The first-order valence-corrected chi connectivity index (χ1v) is 7.78. The molecule has 1 atom stereocenters. The number of halogens is 1. The maximum absolute atomic E-state index is 13.0. The average Bonchev–Trinajstić information content (AvgIpc) is 2.93. The van der Waals surface area contributed by atoms with Crippen LogP contribution in [-0.2, 0) is 6.54 Å². The van der Waals surface area contributed by atoms with Crippen LogP contribution in [0.2, 0.25) is 0 Å². The molecule has 2 heterocycles. The number of nitrogens with one attached hydrogen (secondary N) is 1. The number of aromatic nitrogens is 2. The summed E-state index contributed by atoms with van der Waals surface area (Å²) in [7, 11) is 0. The van der Waals surface area contributed by atoms with Gasteiger partial charge in [-0.05, 0) is 56.5 Å². The molecule has 2 aromatic rings. The van der Waals surface area contributed by atoms with E-state index < -0.39 is 6.10 Å². The number of H-pyrrole nitrogens is 1. The zero-order valence-electron chi connectivity index (χ0n) is 12.8. The van der Waals surface area contributed by atoms with E-state index in [1.807, 2.05) is 13.1 Å². The van der Waals surface area contributed by atoms with E-state index in [9.17, 15) is 9.50 Å². The Morgan fingerprint density at radius 1 is 1.32 bits per heavy atom. The number of hydrogen-bond donors (Lipinski definition) is 2. The molecule has 1 aliphatic heterocycles. The summed E-state index contributed by atoms with van der Waals surface area (Å²) in [4.78, 5) is 2.39. The number of rotatable bonds is 4. The molecule has 1 unspecified atom stereocenters. The minimum atomic E-state index is -0.501. The van der Waals surface area contributed by atoms with Crippen LogP contribution in [0.15, 0.2) is 30.5 Å². The highest BCUT2D eigenvalue weighted by molar-refractivity contribution is 5.19. The van der Waals surface area contributed by atoms with Crippen LogP contribution in [0.4, 0.5) is 4.39 Å². The Labute approximate surface area is 130 Å². The van der Waals surface area contributed by atoms with Crippen molar-refractivity contribution in [2.45, 2.75) is 32.4 Å². The molecule has 118 valence electrons. The first kappa shape index (κ1) is 15.2. The van der Waals surface area contributed by atoms with Crippen LogP contribution in [0.1, 0.15) is 35.8 Å². The minimum absolute atomic E-state index is 0.243. The van der Waals surface area contributed by atoms with Crippen molar-refractivity contribution in [1.29, 1.82) is 0 Å². The van der Waals surface area contributed by atoms with Crippen molar-refractivity contribution in [3.05, 3.63) is 53.1 Å². The molecule has 0 radical (unpaired) electrons. The van der Waals surface area contributed by atoms with Crippen LogP contribution < -0.4 is 0 Å². The Morgan fingerprint density at radius 2 is 2.00 bits per heavy atom. The summed E-state index contributed by atoms with van der Waals surface area (Å²) in [5.41, 5.74) is 3.16. The monoisotopic (exact) mass is 303 g/mol. The number of piperidine rings is 1. The van der Waals surface area contributed by atoms with Gasteiger partial charge >= 0.3 is 0 Å². The summed E-state index contributed by atoms with van der Waals surface area (Å²) in [6.45, 7) is 4.87. The van der Waals surface area contributed by atoms with Gasteiger partial charge in [-0.25, -0.2) is 4.39 Å². The van der Waals surface area contributed by atoms with E-state index in [1.54, 1.807) is 12.1 Å². The van der Waals surface area contributed by atoms with Crippen molar-refractivity contribution in [1.82, 2.24) is 15.1 Å². The summed E-state index contributed by atoms with van der Waals surface area (Å²) in [6.07, 6.45) is 3.29. The number of aliphatic hydroxyl groups is 1. The van der Waals surface area contributed by atoms with Gasteiger partial charge in [0.15, 0.2) is 0 Å². The van der Waals surface area contributed by atoms with Gasteiger partial charge in [-0.1, -0.05) is 12.1 Å². The second-order valence-corrected chi connectivity index (χ2v) is 6.13. The number of nitrogens with zero attached hydrogens (tertiary/aromatic N) is 2. The molecule has 1 aliphatic rings. The normalized spacial score (nSPS) is 18.5. The van der Waals surface area contributed by atoms with Crippen LogP contribution in [0.5, 0.6) is 0 Å². The molecular weight excluding hydrogens is 281 g/mol. The van der Waals surface area contributed by atoms with E-state index in [4.69, 9.17) is 0 Å². The first-order chi connectivity index (χ1) is 10.6. The van der Waals surface area contributed by atoms with E-state index in [-0.39, 0.29) is 11.7 Å². The highest BCUT2D eigenvalue weighted by Crippen LogP contribution is 2.31. The highest BCUT2D eigenvalue weighted by atomic mass is 19.1. The summed E-state index contributed by atoms with van der Waals surface area (Å²) in [5, 5.41) is 17.5. The Hall–Kier alpha value is -1.72. The first-order valence-electron chi connectivity index (χ1n) is 7.78. The Kier molecular flexibility index (Phi) is 4.55. The van der Waals surface area contributed by atoms with Crippen LogP contribution in [0.3, 0.4) is 0 Å². The maximum atomic E-state index is 13.0. The lowest BCUT2D eigenvalue weighted by Crippen LogP contribution is -2.35. The molecule has 0 saturated carbocycles. The van der Waals surface area contributed by atoms with Gasteiger partial charge < -0.3 is 5.11 Å². The molecular formula is C17H22FN3O. The van der Waals surface area contributed by atoms with Gasteiger partial charge in [-0.3, -0.25) is 10.00 Å². The zero-order chi connectivity index (χ0) is 15.5. The number of benzene rings is 1. The van der Waals surface area contributed by atoms with Crippen molar-refractivity contribution in [2.24, 2.45) is 5.92 Å². The highest BCUT2D eigenvalue weighted by Gasteiger charge is 2.26. The van der Waals surface area contributed by atoms with Gasteiger partial charge in [0.1, 0.15) is 5.82 Å². The van der Waals surface area contributed by atoms with Crippen LogP contribution in [0, 0.1) is 18.7 Å². The third-order valence-corrected chi connectivity index (χ3v) is 4.62. The number of likely N-dealkylation sites (tertiary alicyclic amines) is 1. The second kappa shape index (κ2) is 6.58. The molecule has 3 rings (SSSR count). The fourth-order valence-corrected chi connectivity index (χ4v) is 3.13. The van der Waals surface area contributed by atoms with Crippen LogP contribution in [0.25, 0.3) is 0 Å². The number of aryl methyl sites for hydroxylation is 1. The predicted molar refractivity (Wildman–Crippen MR) is 82.7 cm³/mol. The molecule has 22 heavy (non-hydrogen) atoms. The molecule has 1 saturated heterocycles. The van der Waals surface area contributed by atoms with Gasteiger partial charge in [0.25, 0.3) is 0 Å². The third kappa shape index (κ3) is 3.36. The number of aromatic amines is 1. The lowest BCUT2D eigenvalue weighted by atomic mass is 9.87. The van der Waals surface area contributed by atoms with Crippen molar-refractivity contribution < 1.29 is 9.50 Å². The van der Waals surface area contributed by atoms with Crippen LogP contribution >= 0.6 is 0 Å². The summed E-state index contributed by atoms with van der Waals surface area (Å²) in [6, 6.07) is 6.19. The van der Waals surface area contributed by atoms with Gasteiger partial charge in [-0.15, -0.1) is 0 Å². The molecule has 2 N–H and O–H groups in total. The van der Waals surface area contributed by atoms with Gasteiger partial charge in [0.05, 0.1) is 12.3 Å². The standard InChI is InChI=1S/C17H22FN3O/c1-12-15(10-19-20-12)11-21-8-6-14(7-9-21)17(22)13-2-4-16(18)5-3-13/h2-5,10,14,17,22H,6-9,11H2,1H3,(H,19,20). The number of hydrogen-bond acceptors (Lipinski definition) is 3. The van der Waals surface area contributed by atoms with E-state index in [2.05, 4.69) is 15.1 Å². The molecule has 0 spiro atoms. The molecule has 4 nitrogen and oxygen atoms in total. The topological polar surface area (TPSA) is 52.2 Å². The molecule has 1 fully saturated rings. The summed E-state index contributed by atoms with van der Waals surface area (Å²) < 4.78 is 13.0. The average molecular weight is 303 g/mol. The molecule has 1 aromatic carbocycles. The van der Waals surface area contributed by atoms with E-state index in [0.717, 1.165) is 43.7 Å². The van der Waals surface area contributed by atoms with Gasteiger partial charge in [0.2, 0.25) is 0 Å². The van der Waals surface area contributed by atoms with Gasteiger partial charge in [-0.2, -0.15) is 5.10 Å². The fourth-order valence-electron chi connectivity index (χ4n) is 3.13. The van der Waals surface area contributed by atoms with E-state index in [1.165, 1.54) is 17.7 Å². The number of aliphatic hydroxyl groups excluding tert-OH is 1. The molecule has 0 amide bonds. The largest absolute Gasteiger partial charge is 0.388 e. The molecule has 0 bridgehead atoms. The lowest BCUT2D eigenvalue weighted by Gasteiger charge is -2.34. The summed E-state index contributed by atoms with van der Waals surface area (Å²) in [5.74, 6) is -0.0200. The molecule has 0 aliphatic carbocycles. The Bertz CT molecular complexity index is 603.